The van der Waals surface area contributed by atoms with E-state index < -0.39 is 0 Å². The summed E-state index contributed by atoms with van der Waals surface area (Å²) >= 11 is 0. The van der Waals surface area contributed by atoms with Gasteiger partial charge in [0.1, 0.15) is 19.8 Å². The molecule has 32 heavy (non-hydrogen) atoms. The van der Waals surface area contributed by atoms with Crippen molar-refractivity contribution < 1.29 is 42.9 Å². The molecule has 0 unspecified atom stereocenters. The number of nitrogens with one attached hydrogen (secondary N) is 4. The Morgan fingerprint density at radius 2 is 0.906 bits per heavy atom. The van der Waals surface area contributed by atoms with Crippen molar-refractivity contribution in [3.63, 3.8) is 0 Å². The van der Waals surface area contributed by atoms with E-state index in [0.717, 1.165) is 0 Å². The maximum atomic E-state index is 11.6. The molecule has 0 heterocycles. The third-order valence-corrected chi connectivity index (χ3v) is 3.61. The number of likely N-dealkylation sites (N-methyl/N-ethyl adjacent to an activating group) is 2. The average molecular weight is 465 g/mol. The molecule has 0 aliphatic rings. The Bertz CT molecular complexity index is 489. The molecule has 0 fully saturated rings. The van der Waals surface area contributed by atoms with Gasteiger partial charge >= 0.3 is 0 Å². The summed E-state index contributed by atoms with van der Waals surface area (Å²) in [7, 11) is 3.06. The van der Waals surface area contributed by atoms with Crippen LogP contribution < -0.4 is 21.3 Å². The predicted molar refractivity (Wildman–Crippen MR) is 113 cm³/mol. The topological polar surface area (TPSA) is 163 Å². The highest BCUT2D eigenvalue weighted by Crippen LogP contribution is 1.85. The van der Waals surface area contributed by atoms with Crippen LogP contribution in [0.2, 0.25) is 0 Å². The molecule has 0 spiro atoms. The number of carbonyl (C=O) groups excluding carboxylic acids is 4. The molecule has 0 aliphatic heterocycles. The van der Waals surface area contributed by atoms with Crippen LogP contribution in [-0.2, 0) is 42.9 Å². The summed E-state index contributed by atoms with van der Waals surface area (Å²) < 4.78 is 25.8. The normalized spacial score (nSPS) is 10.4. The molecule has 0 radical (unpaired) electrons. The van der Waals surface area contributed by atoms with Gasteiger partial charge in [0.05, 0.1) is 46.2 Å². The fourth-order valence-electron chi connectivity index (χ4n) is 1.91. The number of carbonyl (C=O) groups is 4. The van der Waals surface area contributed by atoms with Crippen LogP contribution in [-0.4, -0.2) is 117 Å². The Morgan fingerprint density at radius 1 is 0.500 bits per heavy atom. The fraction of sp³-hybridized carbons (Fsp3) is 0.789. The zero-order chi connectivity index (χ0) is 23.9. The van der Waals surface area contributed by atoms with E-state index in [9.17, 15) is 19.2 Å². The third kappa shape index (κ3) is 20.9. The quantitative estimate of drug-likeness (QED) is 0.131. The molecule has 0 aromatic heterocycles. The van der Waals surface area contributed by atoms with Crippen LogP contribution in [0.15, 0.2) is 0 Å². The maximum absolute atomic E-state index is 11.6. The van der Waals surface area contributed by atoms with Crippen molar-refractivity contribution in [1.29, 1.82) is 0 Å². The van der Waals surface area contributed by atoms with Gasteiger partial charge in [0.25, 0.3) is 0 Å². The van der Waals surface area contributed by atoms with E-state index >= 15 is 0 Å². The predicted octanol–water partition coefficient (Wildman–Crippen LogP) is -2.82. The van der Waals surface area contributed by atoms with Crippen LogP contribution >= 0.6 is 0 Å². The van der Waals surface area contributed by atoms with E-state index in [2.05, 4.69) is 21.3 Å². The van der Waals surface area contributed by atoms with Gasteiger partial charge in [-0.2, -0.15) is 0 Å². The van der Waals surface area contributed by atoms with Gasteiger partial charge in [-0.1, -0.05) is 0 Å². The number of ether oxygens (including phenoxy) is 5. The highest BCUT2D eigenvalue weighted by Gasteiger charge is 2.04. The van der Waals surface area contributed by atoms with Crippen LogP contribution in [0.25, 0.3) is 0 Å². The molecule has 0 atom stereocenters. The number of hydrogen-bond donors (Lipinski definition) is 4. The second-order valence-corrected chi connectivity index (χ2v) is 6.18. The van der Waals surface area contributed by atoms with Gasteiger partial charge in [-0.3, -0.25) is 19.2 Å². The molecule has 4 amide bonds. The van der Waals surface area contributed by atoms with Crippen LogP contribution in [0, 0.1) is 0 Å². The molecule has 186 valence electrons. The summed E-state index contributed by atoms with van der Waals surface area (Å²) in [5, 5.41) is 10.2. The lowest BCUT2D eigenvalue weighted by atomic mass is 10.4. The lowest BCUT2D eigenvalue weighted by Crippen LogP contribution is -2.32. The molecule has 13 nitrogen and oxygen atoms in total. The van der Waals surface area contributed by atoms with Crippen molar-refractivity contribution in [1.82, 2.24) is 21.3 Å². The number of amides is 4. The van der Waals surface area contributed by atoms with Gasteiger partial charge in [0, 0.05) is 33.6 Å². The van der Waals surface area contributed by atoms with E-state index in [1.165, 1.54) is 14.1 Å². The molecule has 0 aliphatic carbocycles. The lowest BCUT2D eigenvalue weighted by molar-refractivity contribution is -0.128. The Morgan fingerprint density at radius 3 is 1.41 bits per heavy atom. The Hall–Kier alpha value is -2.32. The SMILES string of the molecule is CNC(=O)COCCOCCNC(=O)CCOCC(=O)NCCOCCOCC(=O)NC. The van der Waals surface area contributed by atoms with E-state index in [4.69, 9.17) is 23.7 Å². The first-order valence-electron chi connectivity index (χ1n) is 10.3. The molecule has 0 aromatic rings. The van der Waals surface area contributed by atoms with Crippen molar-refractivity contribution in [3.05, 3.63) is 0 Å². The Kier molecular flexibility index (Phi) is 20.3. The van der Waals surface area contributed by atoms with Crippen molar-refractivity contribution in [3.8, 4) is 0 Å². The Balaban J connectivity index is 3.37. The third-order valence-electron chi connectivity index (χ3n) is 3.61. The smallest absolute Gasteiger partial charge is 0.246 e. The van der Waals surface area contributed by atoms with Crippen molar-refractivity contribution >= 4 is 23.6 Å². The van der Waals surface area contributed by atoms with Crippen molar-refractivity contribution in [2.75, 3.05) is 93.3 Å². The standard InChI is InChI=1S/C19H36N4O9/c1-20-17(25)13-31-11-9-28-7-4-22-16(24)3-6-30-15-19(27)23-5-8-29-10-12-32-14-18(26)21-2/h3-15H2,1-2H3,(H,20,25)(H,21,26)(H,22,24)(H,23,27). The first-order chi connectivity index (χ1) is 15.5. The molecule has 0 aromatic carbocycles. The van der Waals surface area contributed by atoms with Gasteiger partial charge in [0.2, 0.25) is 23.6 Å². The van der Waals surface area contributed by atoms with Crippen LogP contribution in [0.1, 0.15) is 6.42 Å². The second kappa shape index (κ2) is 21.9. The summed E-state index contributed by atoms with van der Waals surface area (Å²) in [5.41, 5.74) is 0. The molecule has 0 bridgehead atoms. The molecule has 0 saturated heterocycles. The van der Waals surface area contributed by atoms with Gasteiger partial charge in [-0.15, -0.1) is 0 Å². The van der Waals surface area contributed by atoms with Crippen molar-refractivity contribution in [2.24, 2.45) is 0 Å². The molecule has 0 rings (SSSR count). The molecular weight excluding hydrogens is 428 g/mol. The minimum Gasteiger partial charge on any atom is -0.377 e. The highest BCUT2D eigenvalue weighted by molar-refractivity contribution is 5.78. The average Bonchev–Trinajstić information content (AvgIpc) is 2.79. The van der Waals surface area contributed by atoms with Gasteiger partial charge in [-0.05, 0) is 0 Å². The Labute approximate surface area is 188 Å². The van der Waals surface area contributed by atoms with Crippen LogP contribution in [0.3, 0.4) is 0 Å². The molecule has 13 heteroatoms. The summed E-state index contributed by atoms with van der Waals surface area (Å²) in [4.78, 5) is 45.1. The van der Waals surface area contributed by atoms with E-state index in [1.54, 1.807) is 0 Å². The van der Waals surface area contributed by atoms with E-state index in [0.29, 0.717) is 39.5 Å². The van der Waals surface area contributed by atoms with Crippen molar-refractivity contribution in [2.45, 2.75) is 6.42 Å². The van der Waals surface area contributed by atoms with E-state index in [-0.39, 0.29) is 69.7 Å². The molecular formula is C19H36N4O9. The first kappa shape index (κ1) is 29.7. The lowest BCUT2D eigenvalue weighted by Gasteiger charge is -2.08. The minimum absolute atomic E-state index is 0.0146. The zero-order valence-electron chi connectivity index (χ0n) is 18.9. The van der Waals surface area contributed by atoms with Crippen LogP contribution in [0.4, 0.5) is 0 Å². The second-order valence-electron chi connectivity index (χ2n) is 6.18. The first-order valence-corrected chi connectivity index (χ1v) is 10.3. The van der Waals surface area contributed by atoms with Gasteiger partial charge in [0.15, 0.2) is 0 Å². The fourth-order valence-corrected chi connectivity index (χ4v) is 1.91. The summed E-state index contributed by atoms with van der Waals surface area (Å²) in [6.45, 7) is 2.42. The monoisotopic (exact) mass is 464 g/mol. The largest absolute Gasteiger partial charge is 0.377 e. The summed E-state index contributed by atoms with van der Waals surface area (Å²) in [6.07, 6.45) is 0.127. The highest BCUT2D eigenvalue weighted by atomic mass is 16.5. The van der Waals surface area contributed by atoms with Gasteiger partial charge in [-0.25, -0.2) is 0 Å². The molecule has 4 N–H and O–H groups in total. The molecule has 0 saturated carbocycles. The summed E-state index contributed by atoms with van der Waals surface area (Å²) in [6, 6.07) is 0. The number of hydrogen-bond acceptors (Lipinski definition) is 9. The van der Waals surface area contributed by atoms with Crippen LogP contribution in [0.5, 0.6) is 0 Å². The maximum Gasteiger partial charge on any atom is 0.246 e. The zero-order valence-corrected chi connectivity index (χ0v) is 18.9. The summed E-state index contributed by atoms with van der Waals surface area (Å²) in [5.74, 6) is -0.931. The van der Waals surface area contributed by atoms with Gasteiger partial charge < -0.3 is 45.0 Å². The number of rotatable bonds is 21. The van der Waals surface area contributed by atoms with E-state index in [1.807, 2.05) is 0 Å². The minimum atomic E-state index is -0.308.